The van der Waals surface area contributed by atoms with E-state index >= 15 is 0 Å². The van der Waals surface area contributed by atoms with Gasteiger partial charge in [-0.15, -0.1) is 0 Å². The molecule has 1 aromatic rings. The van der Waals surface area contributed by atoms with Crippen molar-refractivity contribution >= 4 is 21.8 Å². The van der Waals surface area contributed by atoms with Crippen LogP contribution in [0.3, 0.4) is 0 Å². The van der Waals surface area contributed by atoms with Crippen LogP contribution in [0.15, 0.2) is 21.6 Å². The minimum Gasteiger partial charge on any atom is -0.447 e. The fraction of sp³-hybridized carbons (Fsp3) is 0.692. The summed E-state index contributed by atoms with van der Waals surface area (Å²) in [6.45, 7) is 4.17. The molecule has 8 heteroatoms. The molecule has 0 amide bonds. The van der Waals surface area contributed by atoms with Crippen molar-refractivity contribution in [2.24, 2.45) is 5.92 Å². The van der Waals surface area contributed by atoms with Gasteiger partial charge >= 0.3 is 0 Å². The number of hydrogen-bond acceptors (Lipinski definition) is 6. The molecule has 0 spiro atoms. The van der Waals surface area contributed by atoms with Gasteiger partial charge in [0.25, 0.3) is 10.0 Å². The van der Waals surface area contributed by atoms with Crippen LogP contribution in [-0.4, -0.2) is 47.2 Å². The van der Waals surface area contributed by atoms with Crippen LogP contribution in [0.5, 0.6) is 0 Å². The van der Waals surface area contributed by atoms with E-state index in [1.165, 1.54) is 6.07 Å². The van der Waals surface area contributed by atoms with Gasteiger partial charge in [-0.05, 0) is 30.1 Å². The topological polar surface area (TPSA) is 80.6 Å². The average molecular weight is 336 g/mol. The van der Waals surface area contributed by atoms with Gasteiger partial charge in [-0.1, -0.05) is 6.92 Å². The number of sulfonamides is 1. The SMILES string of the molecule is COCCNCc1ccc(S(=O)(=O)NCC(C)CSC)o1. The van der Waals surface area contributed by atoms with Gasteiger partial charge in [-0.2, -0.15) is 11.8 Å². The summed E-state index contributed by atoms with van der Waals surface area (Å²) in [6.07, 6.45) is 2.00. The van der Waals surface area contributed by atoms with E-state index in [2.05, 4.69) is 10.0 Å². The summed E-state index contributed by atoms with van der Waals surface area (Å²) in [6, 6.07) is 3.15. The molecule has 0 aliphatic heterocycles. The molecule has 2 N–H and O–H groups in total. The maximum absolute atomic E-state index is 12.1. The predicted molar refractivity (Wildman–Crippen MR) is 85.0 cm³/mol. The highest BCUT2D eigenvalue weighted by atomic mass is 32.2. The smallest absolute Gasteiger partial charge is 0.273 e. The normalized spacial score (nSPS) is 13.5. The monoisotopic (exact) mass is 336 g/mol. The van der Waals surface area contributed by atoms with Gasteiger partial charge in [0, 0.05) is 20.2 Å². The number of methoxy groups -OCH3 is 1. The Bertz CT molecular complexity index is 502. The molecular formula is C13H24N2O4S2. The quantitative estimate of drug-likeness (QED) is 0.593. The Balaban J connectivity index is 2.49. The minimum atomic E-state index is -3.57. The molecule has 122 valence electrons. The average Bonchev–Trinajstić information content (AvgIpc) is 2.92. The van der Waals surface area contributed by atoms with Gasteiger partial charge in [0.2, 0.25) is 5.09 Å². The summed E-state index contributed by atoms with van der Waals surface area (Å²) in [5, 5.41) is 3.06. The Morgan fingerprint density at radius 3 is 2.86 bits per heavy atom. The van der Waals surface area contributed by atoms with Crippen LogP contribution in [0.1, 0.15) is 12.7 Å². The van der Waals surface area contributed by atoms with Gasteiger partial charge in [-0.25, -0.2) is 13.1 Å². The standard InChI is InChI=1S/C13H24N2O4S2/c1-11(10-20-3)8-15-21(16,17)13-5-4-12(19-13)9-14-6-7-18-2/h4-5,11,14-15H,6-10H2,1-3H3. The first-order chi connectivity index (χ1) is 9.99. The van der Waals surface area contributed by atoms with E-state index in [1.807, 2.05) is 13.2 Å². The lowest BCUT2D eigenvalue weighted by molar-refractivity contribution is 0.198. The summed E-state index contributed by atoms with van der Waals surface area (Å²) in [7, 11) is -1.94. The van der Waals surface area contributed by atoms with E-state index in [-0.39, 0.29) is 11.0 Å². The van der Waals surface area contributed by atoms with Crippen molar-refractivity contribution in [3.63, 3.8) is 0 Å². The Labute approximate surface area is 131 Å². The molecule has 1 aromatic heterocycles. The van der Waals surface area contributed by atoms with Gasteiger partial charge in [-0.3, -0.25) is 0 Å². The van der Waals surface area contributed by atoms with Crippen LogP contribution < -0.4 is 10.0 Å². The Morgan fingerprint density at radius 1 is 1.43 bits per heavy atom. The highest BCUT2D eigenvalue weighted by Gasteiger charge is 2.19. The summed E-state index contributed by atoms with van der Waals surface area (Å²) < 4.78 is 37.0. The molecule has 0 bridgehead atoms. The third-order valence-corrected chi connectivity index (χ3v) is 4.96. The summed E-state index contributed by atoms with van der Waals surface area (Å²) in [4.78, 5) is 0. The predicted octanol–water partition coefficient (Wildman–Crippen LogP) is 1.29. The first-order valence-electron chi connectivity index (χ1n) is 6.76. The lowest BCUT2D eigenvalue weighted by Crippen LogP contribution is -2.29. The van der Waals surface area contributed by atoms with Crippen molar-refractivity contribution in [2.45, 2.75) is 18.6 Å². The van der Waals surface area contributed by atoms with E-state index in [9.17, 15) is 8.42 Å². The summed E-state index contributed by atoms with van der Waals surface area (Å²) in [5.41, 5.74) is 0. The maximum Gasteiger partial charge on any atom is 0.273 e. The second-order valence-electron chi connectivity index (χ2n) is 4.80. The highest BCUT2D eigenvalue weighted by molar-refractivity contribution is 7.98. The van der Waals surface area contributed by atoms with Crippen molar-refractivity contribution in [3.05, 3.63) is 17.9 Å². The van der Waals surface area contributed by atoms with Crippen LogP contribution in [0, 0.1) is 5.92 Å². The second kappa shape index (κ2) is 9.47. The maximum atomic E-state index is 12.1. The van der Waals surface area contributed by atoms with E-state index in [0.717, 1.165) is 5.75 Å². The van der Waals surface area contributed by atoms with Crippen molar-refractivity contribution in [1.29, 1.82) is 0 Å². The van der Waals surface area contributed by atoms with Crippen molar-refractivity contribution in [1.82, 2.24) is 10.0 Å². The molecule has 1 rings (SSSR count). The third kappa shape index (κ3) is 6.84. The second-order valence-corrected chi connectivity index (χ2v) is 7.41. The molecule has 0 aliphatic rings. The van der Waals surface area contributed by atoms with Crippen LogP contribution in [-0.2, 0) is 21.3 Å². The van der Waals surface area contributed by atoms with Gasteiger partial charge in [0.1, 0.15) is 5.76 Å². The Kier molecular flexibility index (Phi) is 8.35. The number of ether oxygens (including phenoxy) is 1. The van der Waals surface area contributed by atoms with Crippen LogP contribution in [0.2, 0.25) is 0 Å². The van der Waals surface area contributed by atoms with Crippen molar-refractivity contribution in [2.75, 3.05) is 38.8 Å². The number of thioether (sulfide) groups is 1. The largest absolute Gasteiger partial charge is 0.447 e. The fourth-order valence-electron chi connectivity index (χ4n) is 1.65. The molecule has 1 heterocycles. The molecule has 0 fully saturated rings. The molecule has 0 radical (unpaired) electrons. The van der Waals surface area contributed by atoms with E-state index < -0.39 is 10.0 Å². The molecule has 0 aromatic carbocycles. The molecule has 21 heavy (non-hydrogen) atoms. The molecule has 1 atom stereocenters. The van der Waals surface area contributed by atoms with Gasteiger partial charge < -0.3 is 14.5 Å². The van der Waals surface area contributed by atoms with Crippen LogP contribution >= 0.6 is 11.8 Å². The van der Waals surface area contributed by atoms with Crippen molar-refractivity contribution in [3.8, 4) is 0 Å². The lowest BCUT2D eigenvalue weighted by atomic mass is 10.2. The minimum absolute atomic E-state index is 0.0395. The molecule has 1 unspecified atom stereocenters. The fourth-order valence-corrected chi connectivity index (χ4v) is 3.45. The Morgan fingerprint density at radius 2 is 2.19 bits per heavy atom. The number of hydrogen-bond donors (Lipinski definition) is 2. The third-order valence-electron chi connectivity index (χ3n) is 2.76. The molecule has 6 nitrogen and oxygen atoms in total. The summed E-state index contributed by atoms with van der Waals surface area (Å²) in [5.74, 6) is 1.78. The number of furan rings is 1. The molecule has 0 aliphatic carbocycles. The number of rotatable bonds is 11. The zero-order valence-corrected chi connectivity index (χ0v) is 14.4. The summed E-state index contributed by atoms with van der Waals surface area (Å²) >= 11 is 1.70. The molecule has 0 saturated carbocycles. The first-order valence-corrected chi connectivity index (χ1v) is 9.64. The highest BCUT2D eigenvalue weighted by Crippen LogP contribution is 2.14. The van der Waals surface area contributed by atoms with E-state index in [4.69, 9.17) is 9.15 Å². The van der Waals surface area contributed by atoms with Gasteiger partial charge in [0.05, 0.1) is 13.2 Å². The van der Waals surface area contributed by atoms with E-state index in [1.54, 1.807) is 24.9 Å². The Hall–Kier alpha value is -0.540. The lowest BCUT2D eigenvalue weighted by Gasteiger charge is -2.10. The first kappa shape index (κ1) is 18.5. The molecular weight excluding hydrogens is 312 g/mol. The zero-order chi connectivity index (χ0) is 15.7. The van der Waals surface area contributed by atoms with Crippen LogP contribution in [0.4, 0.5) is 0 Å². The zero-order valence-electron chi connectivity index (χ0n) is 12.7. The van der Waals surface area contributed by atoms with Crippen LogP contribution in [0.25, 0.3) is 0 Å². The van der Waals surface area contributed by atoms with Gasteiger partial charge in [0.15, 0.2) is 0 Å². The van der Waals surface area contributed by atoms with Crippen molar-refractivity contribution < 1.29 is 17.6 Å². The number of nitrogens with one attached hydrogen (secondary N) is 2. The van der Waals surface area contributed by atoms with E-state index in [0.29, 0.717) is 32.0 Å². The molecule has 0 saturated heterocycles.